The first kappa shape index (κ1) is 26.8. The molecular weight excluding hydrogens is 510 g/mol. The van der Waals surface area contributed by atoms with E-state index in [4.69, 9.17) is 0 Å². The molecule has 0 radical (unpaired) electrons. The van der Waals surface area contributed by atoms with Crippen molar-refractivity contribution in [3.63, 3.8) is 0 Å². The minimum atomic E-state index is -4.92. The molecule has 198 valence electrons. The van der Waals surface area contributed by atoms with Crippen molar-refractivity contribution >= 4 is 5.82 Å². The fraction of sp³-hybridized carbons (Fsp3) is 0.179. The molecule has 3 aromatic carbocycles. The number of nitrogens with zero attached hydrogens (tertiary/aromatic N) is 1. The summed E-state index contributed by atoms with van der Waals surface area (Å²) in [5, 5.41) is 3.20. The summed E-state index contributed by atoms with van der Waals surface area (Å²) in [4.78, 5) is 4.25. The quantitative estimate of drug-likeness (QED) is 0.227. The maximum absolute atomic E-state index is 13.1. The van der Waals surface area contributed by atoms with Crippen LogP contribution in [0.4, 0.5) is 32.2 Å². The SMILES string of the molecule is FC(F)(F)Oc1cccc(C(CNc2ccccn2)(Cc2ccccc2)c2cccc(OC(F)(F)F)c2)c1. The number of nitrogens with one attached hydrogen (secondary N) is 1. The maximum Gasteiger partial charge on any atom is 0.573 e. The molecule has 4 rings (SSSR count). The van der Waals surface area contributed by atoms with Crippen molar-refractivity contribution in [2.45, 2.75) is 24.6 Å². The molecule has 0 fully saturated rings. The number of hydrogen-bond acceptors (Lipinski definition) is 4. The molecule has 0 aliphatic heterocycles. The monoisotopic (exact) mass is 532 g/mol. The van der Waals surface area contributed by atoms with Gasteiger partial charge in [-0.25, -0.2) is 4.98 Å². The Balaban J connectivity index is 1.89. The second-order valence-electron chi connectivity index (χ2n) is 8.46. The van der Waals surface area contributed by atoms with E-state index in [1.165, 1.54) is 36.4 Å². The van der Waals surface area contributed by atoms with Crippen molar-refractivity contribution in [3.8, 4) is 11.5 Å². The van der Waals surface area contributed by atoms with Gasteiger partial charge in [-0.2, -0.15) is 0 Å². The Morgan fingerprint density at radius 3 is 1.68 bits per heavy atom. The second kappa shape index (κ2) is 11.0. The normalized spacial score (nSPS) is 12.2. The molecule has 4 nitrogen and oxygen atoms in total. The first-order chi connectivity index (χ1) is 18.0. The van der Waals surface area contributed by atoms with Gasteiger partial charge in [0, 0.05) is 18.2 Å². The number of rotatable bonds is 9. The van der Waals surface area contributed by atoms with Gasteiger partial charge in [0.05, 0.1) is 0 Å². The van der Waals surface area contributed by atoms with Gasteiger partial charge in [0.25, 0.3) is 0 Å². The van der Waals surface area contributed by atoms with Crippen molar-refractivity contribution in [3.05, 3.63) is 120 Å². The van der Waals surface area contributed by atoms with E-state index in [1.807, 2.05) is 18.2 Å². The van der Waals surface area contributed by atoms with Gasteiger partial charge >= 0.3 is 12.7 Å². The predicted molar refractivity (Wildman–Crippen MR) is 130 cm³/mol. The number of ether oxygens (including phenoxy) is 2. The van der Waals surface area contributed by atoms with Crippen molar-refractivity contribution < 1.29 is 35.8 Å². The zero-order chi connectivity index (χ0) is 27.2. The number of anilines is 1. The van der Waals surface area contributed by atoms with E-state index in [9.17, 15) is 26.3 Å². The van der Waals surface area contributed by atoms with E-state index in [1.54, 1.807) is 48.7 Å². The predicted octanol–water partition coefficient (Wildman–Crippen LogP) is 7.52. The summed E-state index contributed by atoms with van der Waals surface area (Å²) in [5.74, 6) is -0.420. The van der Waals surface area contributed by atoms with E-state index in [2.05, 4.69) is 19.8 Å². The largest absolute Gasteiger partial charge is 0.573 e. The van der Waals surface area contributed by atoms with Crippen LogP contribution in [-0.2, 0) is 11.8 Å². The van der Waals surface area contributed by atoms with Crippen molar-refractivity contribution in [2.24, 2.45) is 0 Å². The minimum Gasteiger partial charge on any atom is -0.406 e. The van der Waals surface area contributed by atoms with Gasteiger partial charge in [-0.05, 0) is 59.5 Å². The average Bonchev–Trinajstić information content (AvgIpc) is 2.86. The van der Waals surface area contributed by atoms with E-state index in [0.717, 1.165) is 5.56 Å². The molecule has 1 N–H and O–H groups in total. The van der Waals surface area contributed by atoms with E-state index >= 15 is 0 Å². The van der Waals surface area contributed by atoms with E-state index in [-0.39, 0.29) is 13.0 Å². The molecule has 0 spiro atoms. The third-order valence-electron chi connectivity index (χ3n) is 5.83. The van der Waals surface area contributed by atoms with Crippen LogP contribution in [0.5, 0.6) is 11.5 Å². The molecule has 1 aromatic heterocycles. The van der Waals surface area contributed by atoms with Gasteiger partial charge in [-0.1, -0.05) is 60.7 Å². The van der Waals surface area contributed by atoms with Gasteiger partial charge in [0.2, 0.25) is 0 Å². The minimum absolute atomic E-state index is 0.0733. The smallest absolute Gasteiger partial charge is 0.406 e. The fourth-order valence-electron chi connectivity index (χ4n) is 4.27. The van der Waals surface area contributed by atoms with Crippen molar-refractivity contribution in [1.29, 1.82) is 0 Å². The third-order valence-corrected chi connectivity index (χ3v) is 5.83. The topological polar surface area (TPSA) is 43.4 Å². The number of pyridine rings is 1. The summed E-state index contributed by atoms with van der Waals surface area (Å²) < 4.78 is 86.7. The highest BCUT2D eigenvalue weighted by atomic mass is 19.4. The third kappa shape index (κ3) is 7.18. The summed E-state index contributed by atoms with van der Waals surface area (Å²) in [6.07, 6.45) is -8.06. The summed E-state index contributed by atoms with van der Waals surface area (Å²) in [6, 6.07) is 25.1. The number of benzene rings is 3. The van der Waals surface area contributed by atoms with E-state index in [0.29, 0.717) is 16.9 Å². The molecular formula is C28H22F6N2O2. The Bertz CT molecular complexity index is 1270. The molecule has 0 atom stereocenters. The van der Waals surface area contributed by atoms with Crippen molar-refractivity contribution in [2.75, 3.05) is 11.9 Å². The van der Waals surface area contributed by atoms with Crippen LogP contribution in [0.3, 0.4) is 0 Å². The summed E-state index contributed by atoms with van der Waals surface area (Å²) >= 11 is 0. The van der Waals surface area contributed by atoms with Crippen LogP contribution >= 0.6 is 0 Å². The molecule has 0 amide bonds. The number of hydrogen-bond donors (Lipinski definition) is 1. The number of alkyl halides is 6. The van der Waals surface area contributed by atoms with Crippen LogP contribution < -0.4 is 14.8 Å². The molecule has 10 heteroatoms. The Labute approximate surface area is 214 Å². The molecule has 0 aliphatic carbocycles. The van der Waals surface area contributed by atoms with E-state index < -0.39 is 29.6 Å². The second-order valence-corrected chi connectivity index (χ2v) is 8.46. The molecule has 0 aliphatic rings. The van der Waals surface area contributed by atoms with Crippen LogP contribution in [0.1, 0.15) is 16.7 Å². The van der Waals surface area contributed by atoms with Gasteiger partial charge in [-0.3, -0.25) is 0 Å². The van der Waals surface area contributed by atoms with Crippen LogP contribution in [0.25, 0.3) is 0 Å². The zero-order valence-electron chi connectivity index (χ0n) is 19.8. The van der Waals surface area contributed by atoms with Crippen LogP contribution in [0.15, 0.2) is 103 Å². The van der Waals surface area contributed by atoms with Gasteiger partial charge in [-0.15, -0.1) is 26.3 Å². The zero-order valence-corrected chi connectivity index (χ0v) is 19.8. The lowest BCUT2D eigenvalue weighted by atomic mass is 9.70. The Morgan fingerprint density at radius 1 is 0.632 bits per heavy atom. The Kier molecular flexibility index (Phi) is 7.80. The molecule has 0 saturated carbocycles. The standard InChI is InChI=1S/C28H22F6N2O2/c29-27(30,31)37-23-12-6-10-21(16-23)26(18-20-8-2-1-3-9-20,19-36-25-14-4-5-15-35-25)22-11-7-13-24(17-22)38-28(32,33)34/h1-17H,18-19H2,(H,35,36). The molecule has 4 aromatic rings. The first-order valence-electron chi connectivity index (χ1n) is 11.4. The first-order valence-corrected chi connectivity index (χ1v) is 11.4. The summed E-state index contributed by atoms with van der Waals surface area (Å²) in [5.41, 5.74) is 0.403. The fourth-order valence-corrected chi connectivity index (χ4v) is 4.27. The number of halogens is 6. The molecule has 0 saturated heterocycles. The highest BCUT2D eigenvalue weighted by Crippen LogP contribution is 2.40. The van der Waals surface area contributed by atoms with Gasteiger partial charge < -0.3 is 14.8 Å². The van der Waals surface area contributed by atoms with Crippen LogP contribution in [0.2, 0.25) is 0 Å². The highest BCUT2D eigenvalue weighted by Gasteiger charge is 2.38. The highest BCUT2D eigenvalue weighted by molar-refractivity contribution is 5.49. The van der Waals surface area contributed by atoms with Crippen LogP contribution in [0, 0.1) is 0 Å². The Hall–Kier alpha value is -4.21. The van der Waals surface area contributed by atoms with Crippen LogP contribution in [-0.4, -0.2) is 24.3 Å². The lowest BCUT2D eigenvalue weighted by Gasteiger charge is -2.36. The average molecular weight is 532 g/mol. The molecule has 1 heterocycles. The maximum atomic E-state index is 13.1. The lowest BCUT2D eigenvalue weighted by molar-refractivity contribution is -0.275. The van der Waals surface area contributed by atoms with Gasteiger partial charge in [0.15, 0.2) is 0 Å². The summed E-state index contributed by atoms with van der Waals surface area (Å²) in [7, 11) is 0. The van der Waals surface area contributed by atoms with Crippen molar-refractivity contribution in [1.82, 2.24) is 4.98 Å². The molecule has 0 unspecified atom stereocenters. The molecule has 38 heavy (non-hydrogen) atoms. The lowest BCUT2D eigenvalue weighted by Crippen LogP contribution is -2.38. The summed E-state index contributed by atoms with van der Waals surface area (Å²) in [6.45, 7) is 0.0733. The number of aromatic nitrogens is 1. The van der Waals surface area contributed by atoms with Gasteiger partial charge in [0.1, 0.15) is 17.3 Å². The Morgan fingerprint density at radius 2 is 1.18 bits per heavy atom. The molecule has 0 bridgehead atoms.